The summed E-state index contributed by atoms with van der Waals surface area (Å²) in [5.74, 6) is -2.20. The van der Waals surface area contributed by atoms with Gasteiger partial charge in [-0.05, 0) is 12.5 Å². The van der Waals surface area contributed by atoms with Gasteiger partial charge in [-0.2, -0.15) is 9.37 Å². The first kappa shape index (κ1) is 11.0. The van der Waals surface area contributed by atoms with E-state index in [1.165, 1.54) is 12.3 Å². The summed E-state index contributed by atoms with van der Waals surface area (Å²) in [6.45, 7) is -0.275. The van der Waals surface area contributed by atoms with Crippen LogP contribution in [0.2, 0.25) is 0 Å². The molecule has 0 spiro atoms. The first-order valence-corrected chi connectivity index (χ1v) is 4.88. The van der Waals surface area contributed by atoms with Gasteiger partial charge in [0.2, 0.25) is 0 Å². The van der Waals surface area contributed by atoms with Crippen LogP contribution >= 0.6 is 0 Å². The number of ether oxygens (including phenoxy) is 1. The average Bonchev–Trinajstić information content (AvgIpc) is 2.61. The normalized spacial score (nSPS) is 29.5. The summed E-state index contributed by atoms with van der Waals surface area (Å²) >= 11 is 0. The molecular formula is C9H12FN3O3. The minimum atomic E-state index is -2.23. The number of rotatable bonds is 2. The van der Waals surface area contributed by atoms with E-state index < -0.39 is 17.8 Å². The number of nitrogens with two attached hydrogens (primary N) is 1. The van der Waals surface area contributed by atoms with Crippen LogP contribution < -0.4 is 11.4 Å². The number of nitrogens with zero attached hydrogens (tertiary/aromatic N) is 2. The number of halogens is 1. The Morgan fingerprint density at radius 2 is 2.56 bits per heavy atom. The molecule has 16 heavy (non-hydrogen) atoms. The number of anilines is 1. The van der Waals surface area contributed by atoms with Crippen LogP contribution in [-0.4, -0.2) is 27.4 Å². The van der Waals surface area contributed by atoms with E-state index in [9.17, 15) is 9.18 Å². The molecule has 0 bridgehead atoms. The molecule has 1 aromatic rings. The van der Waals surface area contributed by atoms with Gasteiger partial charge in [-0.15, -0.1) is 0 Å². The third kappa shape index (κ3) is 1.79. The lowest BCUT2D eigenvalue weighted by Gasteiger charge is -2.21. The third-order valence-corrected chi connectivity index (χ3v) is 2.51. The van der Waals surface area contributed by atoms with Crippen molar-refractivity contribution >= 4 is 5.82 Å². The molecule has 88 valence electrons. The van der Waals surface area contributed by atoms with Gasteiger partial charge < -0.3 is 15.6 Å². The van der Waals surface area contributed by atoms with Crippen molar-refractivity contribution in [2.45, 2.75) is 24.9 Å². The Bertz CT molecular complexity index is 450. The van der Waals surface area contributed by atoms with E-state index >= 15 is 0 Å². The second-order valence-electron chi connectivity index (χ2n) is 3.66. The number of alkyl halides is 1. The minimum absolute atomic E-state index is 0.00370. The Kier molecular flexibility index (Phi) is 2.64. The fourth-order valence-electron chi connectivity index (χ4n) is 1.69. The van der Waals surface area contributed by atoms with Gasteiger partial charge in [-0.25, -0.2) is 9.36 Å². The zero-order valence-corrected chi connectivity index (χ0v) is 8.47. The van der Waals surface area contributed by atoms with Crippen LogP contribution in [0.4, 0.5) is 10.2 Å². The SMILES string of the molecule is Nc1ccn([C@@]2(F)CC[C@@H](CO)O2)c(=O)n1. The second kappa shape index (κ2) is 3.84. The predicted molar refractivity (Wildman–Crippen MR) is 53.2 cm³/mol. The number of aliphatic hydroxyl groups excluding tert-OH is 1. The van der Waals surface area contributed by atoms with Gasteiger partial charge in [0.25, 0.3) is 5.98 Å². The Hall–Kier alpha value is -1.47. The Morgan fingerprint density at radius 3 is 3.12 bits per heavy atom. The van der Waals surface area contributed by atoms with E-state index in [0.717, 1.165) is 4.57 Å². The molecule has 6 nitrogen and oxygen atoms in total. The number of nitrogen functional groups attached to an aromatic ring is 1. The minimum Gasteiger partial charge on any atom is -0.394 e. The summed E-state index contributed by atoms with van der Waals surface area (Å²) in [5.41, 5.74) is 4.49. The molecule has 1 saturated heterocycles. The molecule has 2 atom stereocenters. The van der Waals surface area contributed by atoms with E-state index in [1.807, 2.05) is 0 Å². The maximum atomic E-state index is 14.2. The van der Waals surface area contributed by atoms with Gasteiger partial charge in [0.05, 0.1) is 12.7 Å². The molecule has 0 aliphatic carbocycles. The third-order valence-electron chi connectivity index (χ3n) is 2.51. The lowest BCUT2D eigenvalue weighted by Crippen LogP contribution is -2.39. The second-order valence-corrected chi connectivity index (χ2v) is 3.66. The molecule has 2 rings (SSSR count). The summed E-state index contributed by atoms with van der Waals surface area (Å²) in [6.07, 6.45) is 0.965. The molecule has 0 saturated carbocycles. The van der Waals surface area contributed by atoms with Crippen molar-refractivity contribution in [3.8, 4) is 0 Å². The van der Waals surface area contributed by atoms with Crippen LogP contribution in [0.25, 0.3) is 0 Å². The molecule has 2 heterocycles. The van der Waals surface area contributed by atoms with E-state index in [1.54, 1.807) is 0 Å². The van der Waals surface area contributed by atoms with Crippen molar-refractivity contribution in [2.75, 3.05) is 12.3 Å². The first-order valence-electron chi connectivity index (χ1n) is 4.88. The van der Waals surface area contributed by atoms with E-state index in [2.05, 4.69) is 4.98 Å². The van der Waals surface area contributed by atoms with Crippen molar-refractivity contribution < 1.29 is 14.2 Å². The molecule has 0 unspecified atom stereocenters. The van der Waals surface area contributed by atoms with Gasteiger partial charge in [-0.1, -0.05) is 0 Å². The highest BCUT2D eigenvalue weighted by Crippen LogP contribution is 2.34. The van der Waals surface area contributed by atoms with Crippen molar-refractivity contribution in [1.29, 1.82) is 0 Å². The predicted octanol–water partition coefficient (Wildman–Crippen LogP) is -0.423. The van der Waals surface area contributed by atoms with Gasteiger partial charge in [0.15, 0.2) is 0 Å². The van der Waals surface area contributed by atoms with Crippen molar-refractivity contribution in [2.24, 2.45) is 0 Å². The zero-order valence-electron chi connectivity index (χ0n) is 8.47. The van der Waals surface area contributed by atoms with Crippen LogP contribution in [0.3, 0.4) is 0 Å². The molecule has 1 aromatic heterocycles. The zero-order chi connectivity index (χ0) is 11.8. The molecule has 1 aliphatic heterocycles. The summed E-state index contributed by atoms with van der Waals surface area (Å²) in [5, 5.41) is 8.84. The topological polar surface area (TPSA) is 90.4 Å². The fourth-order valence-corrected chi connectivity index (χ4v) is 1.69. The Morgan fingerprint density at radius 1 is 1.81 bits per heavy atom. The van der Waals surface area contributed by atoms with Crippen LogP contribution in [0, 0.1) is 0 Å². The van der Waals surface area contributed by atoms with Gasteiger partial charge in [0, 0.05) is 12.6 Å². The summed E-state index contributed by atoms with van der Waals surface area (Å²) in [7, 11) is 0. The smallest absolute Gasteiger partial charge is 0.353 e. The molecule has 1 aliphatic rings. The molecule has 0 amide bonds. The number of hydrogen-bond acceptors (Lipinski definition) is 5. The van der Waals surface area contributed by atoms with E-state index in [-0.39, 0.29) is 18.8 Å². The number of aliphatic hydroxyl groups is 1. The monoisotopic (exact) mass is 229 g/mol. The lowest BCUT2D eigenvalue weighted by atomic mass is 10.2. The van der Waals surface area contributed by atoms with Crippen molar-refractivity contribution in [3.05, 3.63) is 22.7 Å². The quantitative estimate of drug-likeness (QED) is 0.718. The number of hydrogen-bond donors (Lipinski definition) is 2. The van der Waals surface area contributed by atoms with Crippen molar-refractivity contribution in [1.82, 2.24) is 9.55 Å². The van der Waals surface area contributed by atoms with E-state index in [4.69, 9.17) is 15.6 Å². The largest absolute Gasteiger partial charge is 0.394 e. The molecule has 3 N–H and O–H groups in total. The Labute approximate surface area is 90.5 Å². The standard InChI is InChI=1S/C9H12FN3O3/c10-9(3-1-6(5-14)16-9)13-4-2-7(11)12-8(13)15/h2,4,6,14H,1,3,5H2,(H2,11,12,15)/t6-,9-/m0/s1. The van der Waals surface area contributed by atoms with Gasteiger partial charge in [0.1, 0.15) is 5.82 Å². The summed E-state index contributed by atoms with van der Waals surface area (Å²) in [6, 6.07) is 1.32. The molecule has 0 radical (unpaired) electrons. The molecule has 7 heteroatoms. The van der Waals surface area contributed by atoms with Crippen LogP contribution in [0.5, 0.6) is 0 Å². The van der Waals surface area contributed by atoms with Gasteiger partial charge in [-0.3, -0.25) is 0 Å². The highest BCUT2D eigenvalue weighted by molar-refractivity contribution is 5.23. The first-order chi connectivity index (χ1) is 7.55. The highest BCUT2D eigenvalue weighted by Gasteiger charge is 2.42. The highest BCUT2D eigenvalue weighted by atomic mass is 19.2. The van der Waals surface area contributed by atoms with Crippen molar-refractivity contribution in [3.63, 3.8) is 0 Å². The number of aromatic nitrogens is 2. The maximum Gasteiger partial charge on any atom is 0.353 e. The van der Waals surface area contributed by atoms with Crippen LogP contribution in [-0.2, 0) is 10.7 Å². The molecule has 0 aromatic carbocycles. The van der Waals surface area contributed by atoms with Gasteiger partial charge >= 0.3 is 5.69 Å². The molecular weight excluding hydrogens is 217 g/mol. The van der Waals surface area contributed by atoms with Crippen LogP contribution in [0.1, 0.15) is 12.8 Å². The van der Waals surface area contributed by atoms with Crippen LogP contribution in [0.15, 0.2) is 17.1 Å². The van der Waals surface area contributed by atoms with E-state index in [0.29, 0.717) is 6.42 Å². The Balaban J connectivity index is 2.34. The lowest BCUT2D eigenvalue weighted by molar-refractivity contribution is -0.203. The maximum absolute atomic E-state index is 14.2. The molecule has 1 fully saturated rings. The summed E-state index contributed by atoms with van der Waals surface area (Å²) < 4.78 is 19.9. The summed E-state index contributed by atoms with van der Waals surface area (Å²) in [4.78, 5) is 14.8. The fraction of sp³-hybridized carbons (Fsp3) is 0.556. The average molecular weight is 229 g/mol.